The summed E-state index contributed by atoms with van der Waals surface area (Å²) >= 11 is 11.9. The van der Waals surface area contributed by atoms with Gasteiger partial charge in [-0.25, -0.2) is 4.98 Å². The van der Waals surface area contributed by atoms with Gasteiger partial charge in [0.1, 0.15) is 5.15 Å². The molecule has 0 atom stereocenters. The third-order valence-electron chi connectivity index (χ3n) is 3.62. The van der Waals surface area contributed by atoms with E-state index in [0.717, 1.165) is 41.7 Å². The van der Waals surface area contributed by atoms with Crippen molar-refractivity contribution in [3.05, 3.63) is 52.0 Å². The van der Waals surface area contributed by atoms with Crippen LogP contribution in [-0.4, -0.2) is 40.5 Å². The van der Waals surface area contributed by atoms with Gasteiger partial charge in [0.05, 0.1) is 11.6 Å². The van der Waals surface area contributed by atoms with E-state index in [4.69, 9.17) is 28.2 Å². The van der Waals surface area contributed by atoms with E-state index in [9.17, 15) is 0 Å². The zero-order valence-electron chi connectivity index (χ0n) is 14.7. The molecule has 2 aromatic rings. The lowest BCUT2D eigenvalue weighted by molar-refractivity contribution is 0.462. The van der Waals surface area contributed by atoms with Gasteiger partial charge in [0, 0.05) is 45.3 Å². The lowest BCUT2D eigenvalue weighted by Gasteiger charge is -2.22. The van der Waals surface area contributed by atoms with Crippen molar-refractivity contribution in [3.8, 4) is 0 Å². The number of hydrogen-bond donors (Lipinski definition) is 1. The van der Waals surface area contributed by atoms with E-state index in [0.29, 0.717) is 11.7 Å². The maximum Gasteiger partial charge on any atom is 0.194 e. The molecule has 138 valence electrons. The molecule has 0 aliphatic heterocycles. The van der Waals surface area contributed by atoms with Crippen LogP contribution >= 0.6 is 47.2 Å². The standard InChI is InChI=1S/C17H23Cl2N5.HI/c1-4-20-17(21-8-7-13-5-6-16(19)22-10-13)24(3)12-15-9-14(18)11-23(15)2;/h5-6,9-11H,4,7-8,12H2,1-3H3,(H,20,21);1H. The predicted molar refractivity (Wildman–Crippen MR) is 116 cm³/mol. The molecular formula is C17H24Cl2IN5. The summed E-state index contributed by atoms with van der Waals surface area (Å²) in [5, 5.41) is 4.58. The topological polar surface area (TPSA) is 45.5 Å². The number of pyridine rings is 1. The lowest BCUT2D eigenvalue weighted by atomic mass is 10.2. The molecular weight excluding hydrogens is 472 g/mol. The highest BCUT2D eigenvalue weighted by atomic mass is 127. The highest BCUT2D eigenvalue weighted by molar-refractivity contribution is 14.0. The zero-order valence-corrected chi connectivity index (χ0v) is 18.5. The van der Waals surface area contributed by atoms with Crippen molar-refractivity contribution < 1.29 is 0 Å². The first-order valence-electron chi connectivity index (χ1n) is 7.90. The second-order valence-corrected chi connectivity index (χ2v) is 6.42. The van der Waals surface area contributed by atoms with E-state index in [1.165, 1.54) is 0 Å². The van der Waals surface area contributed by atoms with Crippen LogP contribution in [0.15, 0.2) is 35.6 Å². The Labute approximate surface area is 176 Å². The average Bonchev–Trinajstić information content (AvgIpc) is 2.86. The van der Waals surface area contributed by atoms with Crippen molar-refractivity contribution in [1.29, 1.82) is 0 Å². The number of aromatic nitrogens is 2. The molecule has 0 radical (unpaired) electrons. The Morgan fingerprint density at radius 2 is 2.12 bits per heavy atom. The minimum Gasteiger partial charge on any atom is -0.357 e. The number of hydrogen-bond acceptors (Lipinski definition) is 2. The van der Waals surface area contributed by atoms with Crippen LogP contribution in [-0.2, 0) is 20.0 Å². The minimum atomic E-state index is 0. The molecule has 25 heavy (non-hydrogen) atoms. The third kappa shape index (κ3) is 7.03. The summed E-state index contributed by atoms with van der Waals surface area (Å²) in [5.74, 6) is 0.872. The van der Waals surface area contributed by atoms with Crippen LogP contribution in [0, 0.1) is 0 Å². The largest absolute Gasteiger partial charge is 0.357 e. The summed E-state index contributed by atoms with van der Waals surface area (Å²) in [6.45, 7) is 4.30. The third-order valence-corrected chi connectivity index (χ3v) is 4.05. The number of nitrogens with zero attached hydrogens (tertiary/aromatic N) is 4. The quantitative estimate of drug-likeness (QED) is 0.285. The van der Waals surface area contributed by atoms with Gasteiger partial charge in [-0.05, 0) is 31.0 Å². The monoisotopic (exact) mass is 495 g/mol. The maximum absolute atomic E-state index is 6.05. The first kappa shape index (κ1) is 22.1. The Morgan fingerprint density at radius 3 is 2.68 bits per heavy atom. The molecule has 0 aliphatic carbocycles. The Kier molecular flexibility index (Phi) is 9.60. The van der Waals surface area contributed by atoms with Gasteiger partial charge in [-0.1, -0.05) is 29.3 Å². The maximum atomic E-state index is 6.05. The molecule has 0 bridgehead atoms. The summed E-state index contributed by atoms with van der Waals surface area (Å²) in [4.78, 5) is 10.9. The summed E-state index contributed by atoms with van der Waals surface area (Å²) in [6, 6.07) is 5.76. The van der Waals surface area contributed by atoms with E-state index in [1.54, 1.807) is 12.3 Å². The molecule has 0 aliphatic rings. The predicted octanol–water partition coefficient (Wildman–Crippen LogP) is 3.98. The Bertz CT molecular complexity index is 685. The lowest BCUT2D eigenvalue weighted by Crippen LogP contribution is -2.39. The number of aliphatic imine (C=N–C) groups is 1. The van der Waals surface area contributed by atoms with Gasteiger partial charge >= 0.3 is 0 Å². The van der Waals surface area contributed by atoms with Crippen molar-refractivity contribution in [1.82, 2.24) is 19.8 Å². The van der Waals surface area contributed by atoms with Crippen molar-refractivity contribution >= 4 is 53.1 Å². The minimum absolute atomic E-state index is 0. The molecule has 5 nitrogen and oxygen atoms in total. The van der Waals surface area contributed by atoms with E-state index in [2.05, 4.69) is 22.1 Å². The normalized spacial score (nSPS) is 11.2. The number of halogens is 3. The Hall–Kier alpha value is -0.990. The van der Waals surface area contributed by atoms with Gasteiger partial charge in [-0.3, -0.25) is 4.99 Å². The summed E-state index contributed by atoms with van der Waals surface area (Å²) in [5.41, 5.74) is 2.26. The van der Waals surface area contributed by atoms with Crippen LogP contribution in [0.5, 0.6) is 0 Å². The molecule has 2 aromatic heterocycles. The molecule has 0 spiro atoms. The first-order valence-corrected chi connectivity index (χ1v) is 8.65. The molecule has 2 heterocycles. The van der Waals surface area contributed by atoms with Crippen molar-refractivity contribution in [2.24, 2.45) is 12.0 Å². The van der Waals surface area contributed by atoms with Crippen LogP contribution in [0.1, 0.15) is 18.2 Å². The Balaban J connectivity index is 0.00000312. The summed E-state index contributed by atoms with van der Waals surface area (Å²) in [7, 11) is 4.01. The number of aryl methyl sites for hydroxylation is 1. The van der Waals surface area contributed by atoms with E-state index in [-0.39, 0.29) is 24.0 Å². The molecule has 0 fully saturated rings. The highest BCUT2D eigenvalue weighted by Gasteiger charge is 2.09. The first-order chi connectivity index (χ1) is 11.5. The zero-order chi connectivity index (χ0) is 17.5. The van der Waals surface area contributed by atoms with Crippen LogP contribution < -0.4 is 5.32 Å². The van der Waals surface area contributed by atoms with Crippen LogP contribution in [0.3, 0.4) is 0 Å². The molecule has 2 rings (SSSR count). The van der Waals surface area contributed by atoms with Gasteiger partial charge in [0.15, 0.2) is 5.96 Å². The van der Waals surface area contributed by atoms with Gasteiger partial charge in [0.25, 0.3) is 0 Å². The Morgan fingerprint density at radius 1 is 1.36 bits per heavy atom. The fraction of sp³-hybridized carbons (Fsp3) is 0.412. The van der Waals surface area contributed by atoms with Crippen molar-refractivity contribution in [2.45, 2.75) is 19.9 Å². The average molecular weight is 496 g/mol. The molecule has 0 saturated carbocycles. The fourth-order valence-corrected chi connectivity index (χ4v) is 2.74. The van der Waals surface area contributed by atoms with E-state index < -0.39 is 0 Å². The van der Waals surface area contributed by atoms with Crippen LogP contribution in [0.25, 0.3) is 0 Å². The van der Waals surface area contributed by atoms with E-state index >= 15 is 0 Å². The molecule has 0 aromatic carbocycles. The highest BCUT2D eigenvalue weighted by Crippen LogP contribution is 2.14. The number of rotatable bonds is 6. The van der Waals surface area contributed by atoms with Gasteiger partial charge in [0.2, 0.25) is 0 Å². The van der Waals surface area contributed by atoms with Crippen molar-refractivity contribution in [2.75, 3.05) is 20.1 Å². The number of guanidine groups is 1. The summed E-state index contributed by atoms with van der Waals surface area (Å²) < 4.78 is 2.03. The smallest absolute Gasteiger partial charge is 0.194 e. The van der Waals surface area contributed by atoms with Gasteiger partial charge in [-0.15, -0.1) is 24.0 Å². The van der Waals surface area contributed by atoms with E-state index in [1.807, 2.05) is 37.0 Å². The summed E-state index contributed by atoms with van der Waals surface area (Å²) in [6.07, 6.45) is 4.52. The number of nitrogens with one attached hydrogen (secondary N) is 1. The molecule has 0 saturated heterocycles. The van der Waals surface area contributed by atoms with Crippen molar-refractivity contribution in [3.63, 3.8) is 0 Å². The van der Waals surface area contributed by atoms with Gasteiger partial charge in [-0.2, -0.15) is 0 Å². The van der Waals surface area contributed by atoms with Crippen LogP contribution in [0.4, 0.5) is 0 Å². The fourth-order valence-electron chi connectivity index (χ4n) is 2.36. The van der Waals surface area contributed by atoms with Crippen LogP contribution in [0.2, 0.25) is 10.2 Å². The molecule has 0 unspecified atom stereocenters. The SMILES string of the molecule is CCNC(=NCCc1ccc(Cl)nc1)N(C)Cc1cc(Cl)cn1C.I. The van der Waals surface area contributed by atoms with Gasteiger partial charge < -0.3 is 14.8 Å². The molecule has 8 heteroatoms. The molecule has 1 N–H and O–H groups in total. The second kappa shape index (κ2) is 10.9. The second-order valence-electron chi connectivity index (χ2n) is 5.59. The molecule has 0 amide bonds.